The van der Waals surface area contributed by atoms with Gasteiger partial charge in [-0.2, -0.15) is 0 Å². The summed E-state index contributed by atoms with van der Waals surface area (Å²) in [6.07, 6.45) is 0. The molecule has 2 aromatic rings. The number of carbonyl (C=O) groups is 2. The lowest BCUT2D eigenvalue weighted by molar-refractivity contribution is -0.118. The maximum absolute atomic E-state index is 11.8. The number of nitrogens with one attached hydrogen (secondary N) is 2. The van der Waals surface area contributed by atoms with E-state index in [1.807, 2.05) is 56.3 Å². The first kappa shape index (κ1) is 18.0. The largest absolute Gasteiger partial charge is 0.350 e. The van der Waals surface area contributed by atoms with Gasteiger partial charge in [-0.3, -0.25) is 14.6 Å². The van der Waals surface area contributed by atoms with Gasteiger partial charge in [0.1, 0.15) is 0 Å². The fourth-order valence-corrected chi connectivity index (χ4v) is 2.66. The van der Waals surface area contributed by atoms with Crippen LogP contribution < -0.4 is 10.6 Å². The Bertz CT molecular complexity index is 702. The second-order valence-electron chi connectivity index (χ2n) is 5.45. The smallest absolute Gasteiger partial charge is 0.234 e. The second kappa shape index (κ2) is 9.08. The molecular formula is C18H21N3O2S. The van der Waals surface area contributed by atoms with Crippen LogP contribution in [0.2, 0.25) is 0 Å². The van der Waals surface area contributed by atoms with Crippen LogP contribution >= 0.6 is 11.8 Å². The number of hydrogen-bond acceptors (Lipinski definition) is 4. The highest BCUT2D eigenvalue weighted by Crippen LogP contribution is 2.09. The van der Waals surface area contributed by atoms with Crippen molar-refractivity contribution >= 4 is 29.3 Å². The third-order valence-corrected chi connectivity index (χ3v) is 4.15. The van der Waals surface area contributed by atoms with Crippen molar-refractivity contribution < 1.29 is 9.59 Å². The molecule has 0 aliphatic carbocycles. The lowest BCUT2D eigenvalue weighted by Gasteiger charge is -2.07. The SMILES string of the molecule is Cc1ccc(NC(=O)CSCC(=O)NCc2cccc(C)n2)cc1. The average Bonchev–Trinajstić information content (AvgIpc) is 2.55. The summed E-state index contributed by atoms with van der Waals surface area (Å²) < 4.78 is 0. The van der Waals surface area contributed by atoms with Crippen molar-refractivity contribution in [2.75, 3.05) is 16.8 Å². The first-order valence-corrected chi connectivity index (χ1v) is 8.82. The van der Waals surface area contributed by atoms with E-state index in [0.29, 0.717) is 6.54 Å². The Morgan fingerprint density at radius 1 is 1.00 bits per heavy atom. The fraction of sp³-hybridized carbons (Fsp3) is 0.278. The van der Waals surface area contributed by atoms with Gasteiger partial charge in [0.05, 0.1) is 23.7 Å². The first-order valence-electron chi connectivity index (χ1n) is 7.66. The van der Waals surface area contributed by atoms with E-state index in [4.69, 9.17) is 0 Å². The maximum atomic E-state index is 11.8. The third-order valence-electron chi connectivity index (χ3n) is 3.21. The number of benzene rings is 1. The van der Waals surface area contributed by atoms with Crippen LogP contribution in [0.4, 0.5) is 5.69 Å². The minimum atomic E-state index is -0.114. The summed E-state index contributed by atoms with van der Waals surface area (Å²) in [6, 6.07) is 13.3. The van der Waals surface area contributed by atoms with Crippen LogP contribution in [0.15, 0.2) is 42.5 Å². The summed E-state index contributed by atoms with van der Waals surface area (Å²) in [6.45, 7) is 4.30. The number of carbonyl (C=O) groups excluding carboxylic acids is 2. The first-order chi connectivity index (χ1) is 11.5. The molecule has 0 spiro atoms. The zero-order chi connectivity index (χ0) is 17.4. The van der Waals surface area contributed by atoms with Crippen LogP contribution in [0.25, 0.3) is 0 Å². The highest BCUT2D eigenvalue weighted by Gasteiger charge is 2.06. The van der Waals surface area contributed by atoms with Crippen molar-refractivity contribution in [2.24, 2.45) is 0 Å². The van der Waals surface area contributed by atoms with Crippen LogP contribution in [0.1, 0.15) is 17.0 Å². The summed E-state index contributed by atoms with van der Waals surface area (Å²) in [4.78, 5) is 27.9. The van der Waals surface area contributed by atoms with E-state index in [1.165, 1.54) is 11.8 Å². The summed E-state index contributed by atoms with van der Waals surface area (Å²) in [5, 5.41) is 5.61. The van der Waals surface area contributed by atoms with Crippen molar-refractivity contribution in [1.82, 2.24) is 10.3 Å². The number of aromatic nitrogens is 1. The van der Waals surface area contributed by atoms with Gasteiger partial charge in [0.15, 0.2) is 0 Å². The summed E-state index contributed by atoms with van der Waals surface area (Å²) >= 11 is 1.29. The molecule has 6 heteroatoms. The number of hydrogen-bond donors (Lipinski definition) is 2. The van der Waals surface area contributed by atoms with Crippen LogP contribution in [-0.4, -0.2) is 28.3 Å². The lowest BCUT2D eigenvalue weighted by Crippen LogP contribution is -2.26. The Balaban J connectivity index is 1.65. The molecule has 1 aromatic carbocycles. The van der Waals surface area contributed by atoms with Gasteiger partial charge in [0.2, 0.25) is 11.8 Å². The Labute approximate surface area is 146 Å². The van der Waals surface area contributed by atoms with Gasteiger partial charge in [-0.1, -0.05) is 23.8 Å². The molecule has 1 heterocycles. The van der Waals surface area contributed by atoms with Crippen LogP contribution in [-0.2, 0) is 16.1 Å². The molecule has 0 atom stereocenters. The fourth-order valence-electron chi connectivity index (χ4n) is 2.01. The minimum absolute atomic E-state index is 0.105. The number of rotatable bonds is 7. The number of thioether (sulfide) groups is 1. The predicted molar refractivity (Wildman–Crippen MR) is 98.0 cm³/mol. The molecule has 5 nitrogen and oxygen atoms in total. The molecule has 0 bridgehead atoms. The van der Waals surface area contributed by atoms with Gasteiger partial charge >= 0.3 is 0 Å². The van der Waals surface area contributed by atoms with E-state index in [2.05, 4.69) is 15.6 Å². The topological polar surface area (TPSA) is 71.1 Å². The Morgan fingerprint density at radius 3 is 2.42 bits per heavy atom. The van der Waals surface area contributed by atoms with Gasteiger partial charge in [0, 0.05) is 11.4 Å². The number of nitrogens with zero attached hydrogens (tertiary/aromatic N) is 1. The van der Waals surface area contributed by atoms with Gasteiger partial charge < -0.3 is 10.6 Å². The molecule has 0 fully saturated rings. The number of pyridine rings is 1. The lowest BCUT2D eigenvalue weighted by atomic mass is 10.2. The maximum Gasteiger partial charge on any atom is 0.234 e. The molecule has 2 amide bonds. The van der Waals surface area contributed by atoms with E-state index in [-0.39, 0.29) is 23.3 Å². The third kappa shape index (κ3) is 6.42. The molecule has 0 radical (unpaired) electrons. The van der Waals surface area contributed by atoms with Gasteiger partial charge in [-0.15, -0.1) is 11.8 Å². The molecule has 24 heavy (non-hydrogen) atoms. The molecule has 2 N–H and O–H groups in total. The summed E-state index contributed by atoms with van der Waals surface area (Å²) in [5.74, 6) is 0.264. The molecule has 0 saturated carbocycles. The quantitative estimate of drug-likeness (QED) is 0.811. The highest BCUT2D eigenvalue weighted by molar-refractivity contribution is 8.00. The minimum Gasteiger partial charge on any atom is -0.350 e. The van der Waals surface area contributed by atoms with E-state index < -0.39 is 0 Å². The van der Waals surface area contributed by atoms with Gasteiger partial charge in [-0.25, -0.2) is 0 Å². The molecule has 0 unspecified atom stereocenters. The standard InChI is InChI=1S/C18H21N3O2S/c1-13-6-8-15(9-7-13)21-18(23)12-24-11-17(22)19-10-16-5-3-4-14(2)20-16/h3-9H,10-12H2,1-2H3,(H,19,22)(H,21,23). The summed E-state index contributed by atoms with van der Waals surface area (Å²) in [7, 11) is 0. The van der Waals surface area contributed by atoms with E-state index in [1.54, 1.807) is 0 Å². The van der Waals surface area contributed by atoms with E-state index in [0.717, 1.165) is 22.6 Å². The van der Waals surface area contributed by atoms with Crippen molar-refractivity contribution in [2.45, 2.75) is 20.4 Å². The predicted octanol–water partition coefficient (Wildman–Crippen LogP) is 2.69. The van der Waals surface area contributed by atoms with E-state index in [9.17, 15) is 9.59 Å². The molecular weight excluding hydrogens is 322 g/mol. The Hall–Kier alpha value is -2.34. The molecule has 2 rings (SSSR count). The van der Waals surface area contributed by atoms with Gasteiger partial charge in [-0.05, 0) is 38.1 Å². The summed E-state index contributed by atoms with van der Waals surface area (Å²) in [5.41, 5.74) is 3.65. The number of aryl methyl sites for hydroxylation is 2. The van der Waals surface area contributed by atoms with Gasteiger partial charge in [0.25, 0.3) is 0 Å². The number of amides is 2. The molecule has 0 aliphatic rings. The van der Waals surface area contributed by atoms with Crippen molar-refractivity contribution in [3.05, 3.63) is 59.4 Å². The van der Waals surface area contributed by atoms with Crippen LogP contribution in [0.5, 0.6) is 0 Å². The van der Waals surface area contributed by atoms with E-state index >= 15 is 0 Å². The molecule has 126 valence electrons. The molecule has 0 saturated heterocycles. The molecule has 0 aliphatic heterocycles. The monoisotopic (exact) mass is 343 g/mol. The molecule has 1 aromatic heterocycles. The Kier molecular flexibility index (Phi) is 6.81. The second-order valence-corrected chi connectivity index (χ2v) is 6.44. The zero-order valence-corrected chi connectivity index (χ0v) is 14.7. The zero-order valence-electron chi connectivity index (χ0n) is 13.8. The average molecular weight is 343 g/mol. The Morgan fingerprint density at radius 2 is 1.71 bits per heavy atom. The normalized spacial score (nSPS) is 10.2. The van der Waals surface area contributed by atoms with Crippen molar-refractivity contribution in [3.8, 4) is 0 Å². The van der Waals surface area contributed by atoms with Crippen molar-refractivity contribution in [1.29, 1.82) is 0 Å². The number of anilines is 1. The van der Waals surface area contributed by atoms with Crippen LogP contribution in [0.3, 0.4) is 0 Å². The van der Waals surface area contributed by atoms with Crippen molar-refractivity contribution in [3.63, 3.8) is 0 Å². The highest BCUT2D eigenvalue weighted by atomic mass is 32.2. The van der Waals surface area contributed by atoms with Crippen LogP contribution in [0, 0.1) is 13.8 Å².